The number of carbonyl (C=O) groups is 2. The van der Waals surface area contributed by atoms with Crippen molar-refractivity contribution in [2.24, 2.45) is 11.8 Å². The van der Waals surface area contributed by atoms with Crippen LogP contribution < -0.4 is 0 Å². The van der Waals surface area contributed by atoms with Gasteiger partial charge in [0.15, 0.2) is 0 Å². The van der Waals surface area contributed by atoms with Crippen molar-refractivity contribution in [2.75, 3.05) is 13.1 Å². The zero-order valence-electron chi connectivity index (χ0n) is 66.4. The first-order valence-electron chi connectivity index (χ1n) is 43.6. The number of allylic oxidation sites excluding steroid dienone is 5. The summed E-state index contributed by atoms with van der Waals surface area (Å²) in [5, 5.41) is 6.99. The van der Waals surface area contributed by atoms with Gasteiger partial charge >= 0.3 is 0 Å². The summed E-state index contributed by atoms with van der Waals surface area (Å²) >= 11 is 19.7. The normalized spacial score (nSPS) is 20.6. The molecule has 5 aromatic heterocycles. The van der Waals surface area contributed by atoms with Crippen molar-refractivity contribution < 1.29 is 9.59 Å². The molecule has 5 aromatic rings. The first-order chi connectivity index (χ1) is 53.3. The lowest BCUT2D eigenvalue weighted by Crippen LogP contribution is -2.37. The van der Waals surface area contributed by atoms with Crippen LogP contribution in [0.3, 0.4) is 0 Å². The molecular formula is C94H130N2O2S10. The van der Waals surface area contributed by atoms with Gasteiger partial charge in [0.25, 0.3) is 11.8 Å². The molecule has 0 fully saturated rings. The third kappa shape index (κ3) is 24.2. The molecule has 0 saturated heterocycles. The Hall–Kier alpha value is -2.63. The van der Waals surface area contributed by atoms with Gasteiger partial charge in [-0.2, -0.15) is 0 Å². The van der Waals surface area contributed by atoms with Crippen LogP contribution in [-0.2, 0) is 9.59 Å². The van der Waals surface area contributed by atoms with Gasteiger partial charge < -0.3 is 9.80 Å². The average Bonchev–Trinajstić information content (AvgIpc) is 1.55. The summed E-state index contributed by atoms with van der Waals surface area (Å²) in [6.07, 6.45) is 70.0. The Morgan fingerprint density at radius 3 is 1.06 bits per heavy atom. The standard InChI is InChI=1S/C94H130N2O2S10/c1-5-9-13-17-21-25-27-31-35-39-45-69(43-37-33-29-23-19-15-11-7-3)67-95-91(87-63-61-85(107-87)83-59-57-81(105-83)79-55-53-77(103-79)75-51-49-73(101-75)71-47-41-65-99-71)89-90(93(95)97)92(96(94(89)98)68-70(44-38-34-30-24-20-16-12-8-4)46-40-36-32-28-26-22-18-14-10-6-2)88-64-62-86(108-88)84-60-58-82(106-84)80-56-54-78(104-80)76-52-50-74(102-76)72-48-42-66-100-72/h41-42,47,49,51-55,57,59-63,65-66,69-70,72,74,80,82,88H,5-40,43-46,48,50,56,58,64,67-68H2,1-4H3. The number of fused-ring (bicyclic) bond motifs is 1. The average molecular weight is 1640 g/mol. The van der Waals surface area contributed by atoms with Gasteiger partial charge in [0.05, 0.1) is 27.0 Å². The van der Waals surface area contributed by atoms with E-state index in [4.69, 9.17) is 0 Å². The van der Waals surface area contributed by atoms with Gasteiger partial charge in [-0.1, -0.05) is 295 Å². The van der Waals surface area contributed by atoms with E-state index in [1.807, 2.05) is 80.2 Å². The number of thiophene rings is 5. The first kappa shape index (κ1) is 84.8. The van der Waals surface area contributed by atoms with Crippen LogP contribution in [0.1, 0.15) is 322 Å². The second-order valence-corrected chi connectivity index (χ2v) is 43.7. The van der Waals surface area contributed by atoms with Gasteiger partial charge in [0.1, 0.15) is 0 Å². The number of carbonyl (C=O) groups excluding carboxylic acids is 2. The Morgan fingerprint density at radius 1 is 0.343 bits per heavy atom. The van der Waals surface area contributed by atoms with E-state index < -0.39 is 0 Å². The minimum atomic E-state index is -0.00582. The van der Waals surface area contributed by atoms with Gasteiger partial charge in [-0.15, -0.1) is 115 Å². The summed E-state index contributed by atoms with van der Waals surface area (Å²) < 4.78 is 0. The molecule has 0 radical (unpaired) electrons. The first-order valence-corrected chi connectivity index (χ1v) is 52.2. The fourth-order valence-electron chi connectivity index (χ4n) is 17.4. The van der Waals surface area contributed by atoms with Crippen LogP contribution in [0.25, 0.3) is 44.7 Å². The summed E-state index contributed by atoms with van der Waals surface area (Å²) in [7, 11) is 0. The van der Waals surface area contributed by atoms with E-state index >= 15 is 9.59 Å². The lowest BCUT2D eigenvalue weighted by atomic mass is 9.93. The summed E-state index contributed by atoms with van der Waals surface area (Å²) in [5.41, 5.74) is 3.43. The van der Waals surface area contributed by atoms with Crippen molar-refractivity contribution in [3.05, 3.63) is 143 Å². The monoisotopic (exact) mass is 1640 g/mol. The van der Waals surface area contributed by atoms with Gasteiger partial charge in [0.2, 0.25) is 0 Å². The van der Waals surface area contributed by atoms with E-state index in [9.17, 15) is 0 Å². The summed E-state index contributed by atoms with van der Waals surface area (Å²) in [4.78, 5) is 55.2. The van der Waals surface area contributed by atoms with Crippen LogP contribution in [0.2, 0.25) is 0 Å². The predicted molar refractivity (Wildman–Crippen MR) is 491 cm³/mol. The summed E-state index contributed by atoms with van der Waals surface area (Å²) in [6.45, 7) is 10.7. The largest absolute Gasteiger partial charge is 0.310 e. The number of hydrogen-bond donors (Lipinski definition) is 0. The van der Waals surface area contributed by atoms with E-state index in [1.54, 1.807) is 0 Å². The maximum Gasteiger partial charge on any atom is 0.261 e. The fraction of sp³-hybridized carbons (Fsp3) is 0.617. The third-order valence-electron chi connectivity index (χ3n) is 23.7. The Labute approximate surface area is 695 Å². The van der Waals surface area contributed by atoms with Gasteiger partial charge in [-0.25, -0.2) is 0 Å². The highest BCUT2D eigenvalue weighted by Crippen LogP contribution is 2.58. The molecule has 7 unspecified atom stereocenters. The predicted octanol–water partition coefficient (Wildman–Crippen LogP) is 32.8. The minimum Gasteiger partial charge on any atom is -0.310 e. The van der Waals surface area contributed by atoms with Crippen molar-refractivity contribution in [1.29, 1.82) is 0 Å². The van der Waals surface area contributed by atoms with Crippen LogP contribution >= 0.6 is 115 Å². The Kier molecular flexibility index (Phi) is 36.3. The smallest absolute Gasteiger partial charge is 0.261 e. The quantitative estimate of drug-likeness (QED) is 0.0359. The second-order valence-electron chi connectivity index (χ2n) is 32.2. The lowest BCUT2D eigenvalue weighted by molar-refractivity contribution is -0.125. The molecule has 0 N–H and O–H groups in total. The molecule has 14 heteroatoms. The van der Waals surface area contributed by atoms with E-state index in [-0.39, 0.29) is 17.1 Å². The molecule has 7 aliphatic heterocycles. The molecule has 108 heavy (non-hydrogen) atoms. The molecule has 0 spiro atoms. The molecule has 12 heterocycles. The molecule has 0 bridgehead atoms. The molecule has 0 saturated carbocycles. The van der Waals surface area contributed by atoms with Crippen LogP contribution in [0, 0.1) is 11.8 Å². The molecule has 588 valence electrons. The highest BCUT2D eigenvalue weighted by atomic mass is 32.2. The molecule has 7 atom stereocenters. The van der Waals surface area contributed by atoms with Crippen molar-refractivity contribution in [3.63, 3.8) is 0 Å². The zero-order chi connectivity index (χ0) is 74.5. The number of nitrogens with zero attached hydrogens (tertiary/aromatic N) is 2. The van der Waals surface area contributed by atoms with Crippen LogP contribution in [0.5, 0.6) is 0 Å². The number of amides is 2. The van der Waals surface area contributed by atoms with Crippen molar-refractivity contribution in [1.82, 2.24) is 9.80 Å². The number of hydrogen-bond acceptors (Lipinski definition) is 12. The molecule has 0 aromatic carbocycles. The topological polar surface area (TPSA) is 40.6 Å². The van der Waals surface area contributed by atoms with E-state index in [0.717, 1.165) is 72.4 Å². The molecular weight excluding hydrogens is 1510 g/mol. The maximum absolute atomic E-state index is 16.7. The van der Waals surface area contributed by atoms with Crippen LogP contribution in [-0.4, -0.2) is 61.0 Å². The SMILES string of the molecule is CCCCCCCCCCCCC(CCCCCCCCCC)CN1C(=O)C2=C(C3CC=C(C4=CCC(C5CC=C(C6=CCC(C7CC=CS7)S6)S5)S4)S3)N(CC(CCCCCCCCCC)CCCCCCCCCCCC)C(=O)C2=C1c1ccc(-c2ccc(-c3ccc(-c4ccc(-c5cccs5)s4)s3)s2)s1. The second kappa shape index (κ2) is 46.2. The van der Waals surface area contributed by atoms with Crippen LogP contribution in [0.15, 0.2) is 138 Å². The van der Waals surface area contributed by atoms with Gasteiger partial charge in [-0.05, 0) is 135 Å². The molecule has 4 nitrogen and oxygen atoms in total. The van der Waals surface area contributed by atoms with Gasteiger partial charge in [0, 0.05) is 98.4 Å². The number of rotatable bonds is 54. The van der Waals surface area contributed by atoms with Crippen molar-refractivity contribution >= 4 is 133 Å². The Bertz CT molecular complexity index is 3780. The lowest BCUT2D eigenvalue weighted by Gasteiger charge is -2.31. The highest BCUT2D eigenvalue weighted by molar-refractivity contribution is 8.12. The minimum absolute atomic E-state index is 0.00582. The molecule has 7 aliphatic rings. The third-order valence-corrected chi connectivity index (χ3v) is 37.2. The molecule has 2 amide bonds. The fourth-order valence-corrected chi connectivity index (χ4v) is 29.5. The molecule has 12 rings (SSSR count). The number of thioether (sulfide) groups is 5. The van der Waals surface area contributed by atoms with Crippen molar-refractivity contribution in [3.8, 4) is 39.0 Å². The van der Waals surface area contributed by atoms with Crippen molar-refractivity contribution in [2.45, 2.75) is 343 Å². The Balaban J connectivity index is 0.837. The van der Waals surface area contributed by atoms with Gasteiger partial charge in [-0.3, -0.25) is 9.59 Å². The van der Waals surface area contributed by atoms with E-state index in [2.05, 4.69) is 175 Å². The zero-order valence-corrected chi connectivity index (χ0v) is 74.5. The van der Waals surface area contributed by atoms with E-state index in [0.29, 0.717) is 45.9 Å². The highest BCUT2D eigenvalue weighted by Gasteiger charge is 2.52. The number of unbranched alkanes of at least 4 members (excludes halogenated alkanes) is 32. The summed E-state index contributed by atoms with van der Waals surface area (Å²) in [6, 6.07) is 22.8. The summed E-state index contributed by atoms with van der Waals surface area (Å²) in [5.74, 6) is 0.959. The Morgan fingerprint density at radius 2 is 0.676 bits per heavy atom. The van der Waals surface area contributed by atoms with E-state index in [1.165, 1.54) is 303 Å². The molecule has 0 aliphatic carbocycles. The maximum atomic E-state index is 16.7. The van der Waals surface area contributed by atoms with Crippen LogP contribution in [0.4, 0.5) is 0 Å².